The highest BCUT2D eigenvalue weighted by Gasteiger charge is 2.20. The predicted octanol–water partition coefficient (Wildman–Crippen LogP) is 3.86. The number of nitrogens with two attached hydrogens (primary N) is 1. The molecule has 0 radical (unpaired) electrons. The Balaban J connectivity index is 1.75. The van der Waals surface area contributed by atoms with Gasteiger partial charge in [-0.3, -0.25) is 5.41 Å². The topological polar surface area (TPSA) is 134 Å². The monoisotopic (exact) mass is 472 g/mol. The van der Waals surface area contributed by atoms with Crippen LogP contribution < -0.4 is 15.8 Å². The third-order valence-corrected chi connectivity index (χ3v) is 6.13. The molecule has 172 valence electrons. The molecule has 1 heterocycles. The lowest BCUT2D eigenvalue weighted by molar-refractivity contribution is 0.598. The molecule has 0 bridgehead atoms. The molecule has 5 N–H and O–H groups in total. The zero-order valence-electron chi connectivity index (χ0n) is 18.5. The lowest BCUT2D eigenvalue weighted by Crippen LogP contribution is -2.15. The van der Waals surface area contributed by atoms with Gasteiger partial charge in [-0.1, -0.05) is 72.8 Å². The van der Waals surface area contributed by atoms with Crippen LogP contribution in [0.4, 0.5) is 11.6 Å². The van der Waals surface area contributed by atoms with Gasteiger partial charge in [0.15, 0.2) is 5.82 Å². The van der Waals surface area contributed by atoms with Crippen molar-refractivity contribution in [1.29, 1.82) is 5.41 Å². The van der Waals surface area contributed by atoms with Crippen molar-refractivity contribution in [3.8, 4) is 11.4 Å². The Morgan fingerprint density at radius 1 is 0.882 bits per heavy atom. The van der Waals surface area contributed by atoms with Gasteiger partial charge in [0.25, 0.3) is 0 Å². The van der Waals surface area contributed by atoms with E-state index in [1.54, 1.807) is 19.2 Å². The molecule has 3 aromatic carbocycles. The van der Waals surface area contributed by atoms with Crippen LogP contribution in [-0.4, -0.2) is 31.1 Å². The molecule has 34 heavy (non-hydrogen) atoms. The van der Waals surface area contributed by atoms with Gasteiger partial charge in [-0.2, -0.15) is 0 Å². The van der Waals surface area contributed by atoms with Gasteiger partial charge >= 0.3 is 0 Å². The van der Waals surface area contributed by atoms with Crippen LogP contribution in [-0.2, 0) is 16.6 Å². The van der Waals surface area contributed by atoms with Gasteiger partial charge in [0, 0.05) is 24.7 Å². The van der Waals surface area contributed by atoms with E-state index in [1.807, 2.05) is 60.7 Å². The molecule has 4 aromatic rings. The van der Waals surface area contributed by atoms with Crippen molar-refractivity contribution >= 4 is 27.4 Å². The summed E-state index contributed by atoms with van der Waals surface area (Å²) < 4.78 is 23.1. The van der Waals surface area contributed by atoms with E-state index >= 15 is 0 Å². The van der Waals surface area contributed by atoms with Crippen LogP contribution in [0, 0.1) is 5.41 Å². The standard InChI is InChI=1S/C25H24N6O2S/c1-28-24-21(22(26)18-8-4-2-5-9-18)25(31-23(30-24)19-10-6-3-7-11-19)29-16-17-12-14-20(15-13-17)34(27,32)33/h2-15,26H,16H2,1H3,(H2,27,32,33)(H2,28,29,30,31). The van der Waals surface area contributed by atoms with Gasteiger partial charge in [0.1, 0.15) is 11.6 Å². The molecule has 9 heteroatoms. The van der Waals surface area contributed by atoms with Crippen molar-refractivity contribution in [2.24, 2.45) is 5.14 Å². The van der Waals surface area contributed by atoms with E-state index < -0.39 is 10.0 Å². The normalized spacial score (nSPS) is 11.1. The van der Waals surface area contributed by atoms with Crippen molar-refractivity contribution in [2.75, 3.05) is 17.7 Å². The maximum absolute atomic E-state index is 11.5. The van der Waals surface area contributed by atoms with E-state index in [4.69, 9.17) is 15.5 Å². The summed E-state index contributed by atoms with van der Waals surface area (Å²) in [7, 11) is -2.00. The minimum atomic E-state index is -3.76. The highest BCUT2D eigenvalue weighted by atomic mass is 32.2. The Morgan fingerprint density at radius 2 is 1.47 bits per heavy atom. The van der Waals surface area contributed by atoms with Gasteiger partial charge in [-0.25, -0.2) is 23.5 Å². The molecule has 0 atom stereocenters. The van der Waals surface area contributed by atoms with Crippen molar-refractivity contribution in [1.82, 2.24) is 9.97 Å². The first-order chi connectivity index (χ1) is 16.4. The first kappa shape index (κ1) is 23.1. The molecule has 8 nitrogen and oxygen atoms in total. The van der Waals surface area contributed by atoms with Crippen LogP contribution in [0.3, 0.4) is 0 Å². The third-order valence-electron chi connectivity index (χ3n) is 5.20. The molecule has 0 unspecified atom stereocenters. The third kappa shape index (κ3) is 5.11. The van der Waals surface area contributed by atoms with Crippen LogP contribution in [0.15, 0.2) is 89.8 Å². The van der Waals surface area contributed by atoms with E-state index in [0.29, 0.717) is 29.6 Å². The van der Waals surface area contributed by atoms with Gasteiger partial charge in [-0.15, -0.1) is 0 Å². The average Bonchev–Trinajstić information content (AvgIpc) is 2.87. The SMILES string of the molecule is CNc1nc(-c2ccccc2)nc(NCc2ccc(S(N)(=O)=O)cc2)c1C(=N)c1ccccc1. The lowest BCUT2D eigenvalue weighted by atomic mass is 10.0. The summed E-state index contributed by atoms with van der Waals surface area (Å²) in [5.41, 5.74) is 3.22. The minimum absolute atomic E-state index is 0.0497. The number of sulfonamides is 1. The Morgan fingerprint density at radius 3 is 2.06 bits per heavy atom. The summed E-state index contributed by atoms with van der Waals surface area (Å²) in [6, 6.07) is 25.3. The average molecular weight is 473 g/mol. The highest BCUT2D eigenvalue weighted by Crippen LogP contribution is 2.28. The number of benzene rings is 3. The number of hydrogen-bond acceptors (Lipinski definition) is 7. The second-order valence-electron chi connectivity index (χ2n) is 7.52. The number of anilines is 2. The summed E-state index contributed by atoms with van der Waals surface area (Å²) in [6.45, 7) is 0.356. The summed E-state index contributed by atoms with van der Waals surface area (Å²) in [4.78, 5) is 9.48. The quantitative estimate of drug-likeness (QED) is 0.288. The second kappa shape index (κ2) is 9.82. The summed E-state index contributed by atoms with van der Waals surface area (Å²) >= 11 is 0. The molecule has 0 aliphatic rings. The van der Waals surface area contributed by atoms with Crippen molar-refractivity contribution in [3.63, 3.8) is 0 Å². The van der Waals surface area contributed by atoms with Crippen LogP contribution in [0.2, 0.25) is 0 Å². The Bertz CT molecular complexity index is 1410. The summed E-state index contributed by atoms with van der Waals surface area (Å²) in [6.07, 6.45) is 0. The zero-order valence-corrected chi connectivity index (χ0v) is 19.3. The van der Waals surface area contributed by atoms with E-state index in [9.17, 15) is 8.42 Å². The number of nitrogens with one attached hydrogen (secondary N) is 3. The maximum Gasteiger partial charge on any atom is 0.238 e. The Labute approximate surface area is 198 Å². The van der Waals surface area contributed by atoms with E-state index in [2.05, 4.69) is 15.6 Å². The lowest BCUT2D eigenvalue weighted by Gasteiger charge is -2.17. The van der Waals surface area contributed by atoms with Crippen LogP contribution >= 0.6 is 0 Å². The van der Waals surface area contributed by atoms with Crippen LogP contribution in [0.1, 0.15) is 16.7 Å². The maximum atomic E-state index is 11.5. The predicted molar refractivity (Wildman–Crippen MR) is 135 cm³/mol. The van der Waals surface area contributed by atoms with Crippen molar-refractivity contribution < 1.29 is 8.42 Å². The molecule has 0 aliphatic heterocycles. The molecule has 0 saturated heterocycles. The number of hydrogen-bond donors (Lipinski definition) is 4. The van der Waals surface area contributed by atoms with E-state index in [0.717, 1.165) is 16.7 Å². The minimum Gasteiger partial charge on any atom is -0.372 e. The highest BCUT2D eigenvalue weighted by molar-refractivity contribution is 7.89. The van der Waals surface area contributed by atoms with Crippen molar-refractivity contribution in [3.05, 3.63) is 102 Å². The Kier molecular flexibility index (Phi) is 6.67. The smallest absolute Gasteiger partial charge is 0.238 e. The van der Waals surface area contributed by atoms with Crippen LogP contribution in [0.25, 0.3) is 11.4 Å². The number of aromatic nitrogens is 2. The number of rotatable bonds is 8. The molecule has 0 saturated carbocycles. The van der Waals surface area contributed by atoms with Gasteiger partial charge < -0.3 is 10.6 Å². The van der Waals surface area contributed by atoms with Crippen LogP contribution in [0.5, 0.6) is 0 Å². The first-order valence-electron chi connectivity index (χ1n) is 10.5. The Hall–Kier alpha value is -4.08. The fraction of sp³-hybridized carbons (Fsp3) is 0.0800. The molecular formula is C25H24N6O2S. The van der Waals surface area contributed by atoms with Crippen molar-refractivity contribution in [2.45, 2.75) is 11.4 Å². The fourth-order valence-corrected chi connectivity index (χ4v) is 3.97. The summed E-state index contributed by atoms with van der Waals surface area (Å²) in [5, 5.41) is 20.5. The number of primary sulfonamides is 1. The molecule has 1 aromatic heterocycles. The van der Waals surface area contributed by atoms with Gasteiger partial charge in [0.2, 0.25) is 10.0 Å². The molecule has 0 spiro atoms. The zero-order chi connectivity index (χ0) is 24.1. The largest absolute Gasteiger partial charge is 0.372 e. The van der Waals surface area contributed by atoms with E-state index in [1.165, 1.54) is 12.1 Å². The second-order valence-corrected chi connectivity index (χ2v) is 9.08. The number of nitrogens with zero attached hydrogens (tertiary/aromatic N) is 2. The fourth-order valence-electron chi connectivity index (χ4n) is 3.45. The van der Waals surface area contributed by atoms with Gasteiger partial charge in [-0.05, 0) is 17.7 Å². The molecule has 0 aliphatic carbocycles. The first-order valence-corrected chi connectivity index (χ1v) is 12.1. The molecule has 0 fully saturated rings. The van der Waals surface area contributed by atoms with E-state index in [-0.39, 0.29) is 10.6 Å². The summed E-state index contributed by atoms with van der Waals surface area (Å²) in [5.74, 6) is 1.53. The molecular weight excluding hydrogens is 448 g/mol. The molecule has 4 rings (SSSR count). The molecule has 0 amide bonds. The van der Waals surface area contributed by atoms with Gasteiger partial charge in [0.05, 0.1) is 16.2 Å².